The fourth-order valence-corrected chi connectivity index (χ4v) is 2.26. The molecule has 126 valence electrons. The molecule has 0 aliphatic heterocycles. The van der Waals surface area contributed by atoms with E-state index in [2.05, 4.69) is 20.8 Å². The van der Waals surface area contributed by atoms with Crippen LogP contribution in [0, 0.1) is 0 Å². The third-order valence-electron chi connectivity index (χ3n) is 3.56. The molecule has 0 aliphatic rings. The zero-order valence-corrected chi connectivity index (χ0v) is 13.9. The smallest absolute Gasteiger partial charge is 0.192 e. The van der Waals surface area contributed by atoms with Gasteiger partial charge in [-0.15, -0.1) is 5.10 Å². The van der Waals surface area contributed by atoms with Crippen molar-refractivity contribution in [2.24, 2.45) is 0 Å². The number of nitrogens with one attached hydrogen (secondary N) is 1. The lowest BCUT2D eigenvalue weighted by molar-refractivity contribution is -0.111. The number of anilines is 1. The Morgan fingerprint density at radius 3 is 2.48 bits per heavy atom. The van der Waals surface area contributed by atoms with Crippen LogP contribution >= 0.6 is 0 Å². The molecule has 1 aromatic heterocycles. The van der Waals surface area contributed by atoms with Crippen LogP contribution in [-0.4, -0.2) is 33.1 Å². The van der Waals surface area contributed by atoms with Crippen molar-refractivity contribution < 1.29 is 9.53 Å². The second-order valence-electron chi connectivity index (χ2n) is 5.24. The molecule has 0 amide bonds. The molecule has 25 heavy (non-hydrogen) atoms. The summed E-state index contributed by atoms with van der Waals surface area (Å²) in [6, 6.07) is 16.8. The van der Waals surface area contributed by atoms with E-state index in [-0.39, 0.29) is 5.78 Å². The molecule has 0 aliphatic carbocycles. The van der Waals surface area contributed by atoms with Gasteiger partial charge in [0, 0.05) is 11.9 Å². The molecule has 0 saturated heterocycles. The van der Waals surface area contributed by atoms with Crippen LogP contribution in [0.3, 0.4) is 0 Å². The summed E-state index contributed by atoms with van der Waals surface area (Å²) in [4.78, 5) is 12.1. The average molecular weight is 335 g/mol. The highest BCUT2D eigenvalue weighted by atomic mass is 16.5. The molecular formula is C18H17N5O2. The van der Waals surface area contributed by atoms with Crippen molar-refractivity contribution in [3.05, 3.63) is 66.6 Å². The monoisotopic (exact) mass is 335 g/mol. The van der Waals surface area contributed by atoms with E-state index in [1.807, 2.05) is 54.6 Å². The fraction of sp³-hybridized carbons (Fsp3) is 0.111. The molecule has 1 N–H and O–H groups in total. The van der Waals surface area contributed by atoms with Crippen LogP contribution in [-0.2, 0) is 4.79 Å². The molecule has 3 aromatic rings. The van der Waals surface area contributed by atoms with Gasteiger partial charge < -0.3 is 10.1 Å². The lowest BCUT2D eigenvalue weighted by atomic mass is 10.2. The molecule has 7 heteroatoms. The number of hydrogen-bond acceptors (Lipinski definition) is 6. The van der Waals surface area contributed by atoms with Crippen LogP contribution in [0.5, 0.6) is 5.75 Å². The molecule has 1 heterocycles. The number of ketones is 1. The van der Waals surface area contributed by atoms with Gasteiger partial charge in [0.25, 0.3) is 0 Å². The number of aromatic nitrogens is 4. The molecule has 2 aromatic carbocycles. The van der Waals surface area contributed by atoms with Gasteiger partial charge in [-0.1, -0.05) is 18.2 Å². The van der Waals surface area contributed by atoms with Crippen molar-refractivity contribution in [1.82, 2.24) is 20.2 Å². The van der Waals surface area contributed by atoms with Gasteiger partial charge in [-0.3, -0.25) is 4.79 Å². The quantitative estimate of drug-likeness (QED) is 0.698. The summed E-state index contributed by atoms with van der Waals surface area (Å²) >= 11 is 0. The molecule has 0 unspecified atom stereocenters. The van der Waals surface area contributed by atoms with Gasteiger partial charge in [0.05, 0.1) is 18.4 Å². The Labute approximate surface area is 144 Å². The highest BCUT2D eigenvalue weighted by Crippen LogP contribution is 2.19. The number of benzene rings is 2. The molecule has 0 fully saturated rings. The maximum Gasteiger partial charge on any atom is 0.192 e. The molecule has 0 radical (unpaired) electrons. The summed E-state index contributed by atoms with van der Waals surface area (Å²) in [5.41, 5.74) is 1.97. The predicted octanol–water partition coefficient (Wildman–Crippen LogP) is 2.71. The lowest BCUT2D eigenvalue weighted by Crippen LogP contribution is -2.08. The van der Waals surface area contributed by atoms with Crippen molar-refractivity contribution >= 4 is 17.0 Å². The molecule has 0 spiro atoms. The minimum Gasteiger partial charge on any atom is -0.497 e. The van der Waals surface area contributed by atoms with Crippen LogP contribution in [0.4, 0.5) is 5.69 Å². The summed E-state index contributed by atoms with van der Waals surface area (Å²) in [5.74, 6) is 0.988. The predicted molar refractivity (Wildman–Crippen MR) is 94.4 cm³/mol. The second-order valence-corrected chi connectivity index (χ2v) is 5.24. The van der Waals surface area contributed by atoms with Gasteiger partial charge in [0.2, 0.25) is 0 Å². The van der Waals surface area contributed by atoms with E-state index in [0.29, 0.717) is 11.4 Å². The molecule has 3 rings (SSSR count). The first-order valence-corrected chi connectivity index (χ1v) is 7.65. The second kappa shape index (κ2) is 7.39. The van der Waals surface area contributed by atoms with Crippen molar-refractivity contribution in [3.63, 3.8) is 0 Å². The number of tetrazole rings is 1. The van der Waals surface area contributed by atoms with Crippen LogP contribution < -0.4 is 10.1 Å². The Morgan fingerprint density at radius 2 is 1.84 bits per heavy atom. The number of allylic oxidation sites excluding steroid dienone is 1. The van der Waals surface area contributed by atoms with Crippen molar-refractivity contribution in [1.29, 1.82) is 0 Å². The SMILES string of the molecule is COc1ccc(N/C=C(\C(C)=O)c2nnnn2-c2ccccc2)cc1. The minimum absolute atomic E-state index is 0.145. The van der Waals surface area contributed by atoms with Crippen LogP contribution in [0.15, 0.2) is 60.8 Å². The summed E-state index contributed by atoms with van der Waals surface area (Å²) in [5, 5.41) is 14.8. The summed E-state index contributed by atoms with van der Waals surface area (Å²) in [6.07, 6.45) is 1.61. The van der Waals surface area contributed by atoms with Gasteiger partial charge in [-0.25, -0.2) is 0 Å². The first-order chi connectivity index (χ1) is 12.2. The number of methoxy groups -OCH3 is 1. The Hall–Kier alpha value is -3.48. The van der Waals surface area contributed by atoms with Crippen LogP contribution in [0.25, 0.3) is 11.3 Å². The Bertz CT molecular complexity index is 885. The van der Waals surface area contributed by atoms with Crippen molar-refractivity contribution in [3.8, 4) is 11.4 Å². The Morgan fingerprint density at radius 1 is 1.12 bits per heavy atom. The molecular weight excluding hydrogens is 318 g/mol. The van der Waals surface area contributed by atoms with Crippen molar-refractivity contribution in [2.45, 2.75) is 6.92 Å². The first kappa shape index (κ1) is 16.4. The number of hydrogen-bond donors (Lipinski definition) is 1. The van der Waals surface area contributed by atoms with Gasteiger partial charge >= 0.3 is 0 Å². The Balaban J connectivity index is 1.92. The van der Waals surface area contributed by atoms with E-state index in [1.54, 1.807) is 13.3 Å². The topological polar surface area (TPSA) is 81.9 Å². The third-order valence-corrected chi connectivity index (χ3v) is 3.56. The van der Waals surface area contributed by atoms with Crippen molar-refractivity contribution in [2.75, 3.05) is 12.4 Å². The zero-order chi connectivity index (χ0) is 17.6. The van der Waals surface area contributed by atoms with E-state index < -0.39 is 0 Å². The van der Waals surface area contributed by atoms with Gasteiger partial charge in [-0.2, -0.15) is 4.68 Å². The molecule has 0 saturated carbocycles. The Kier molecular flexibility index (Phi) is 4.84. The zero-order valence-electron chi connectivity index (χ0n) is 13.9. The van der Waals surface area contributed by atoms with E-state index >= 15 is 0 Å². The minimum atomic E-state index is -0.145. The number of para-hydroxylation sites is 1. The van der Waals surface area contributed by atoms with Crippen LogP contribution in [0.2, 0.25) is 0 Å². The number of carbonyl (C=O) groups is 1. The van der Waals surface area contributed by atoms with Gasteiger partial charge in [0.15, 0.2) is 11.6 Å². The largest absolute Gasteiger partial charge is 0.497 e. The van der Waals surface area contributed by atoms with Gasteiger partial charge in [-0.05, 0) is 53.7 Å². The standard InChI is InChI=1S/C18H17N5O2/c1-13(24)17(12-19-14-8-10-16(25-2)11-9-14)18-20-21-22-23(18)15-6-4-3-5-7-15/h3-12,19H,1-2H3/b17-12+. The lowest BCUT2D eigenvalue weighted by Gasteiger charge is -2.07. The summed E-state index contributed by atoms with van der Waals surface area (Å²) in [6.45, 7) is 1.48. The number of ether oxygens (including phenoxy) is 1. The number of Topliss-reactive ketones (excluding diaryl/α,β-unsaturated/α-hetero) is 1. The summed E-state index contributed by atoms with van der Waals surface area (Å²) < 4.78 is 6.66. The van der Waals surface area contributed by atoms with E-state index in [9.17, 15) is 4.79 Å². The fourth-order valence-electron chi connectivity index (χ4n) is 2.26. The number of rotatable bonds is 6. The summed E-state index contributed by atoms with van der Waals surface area (Å²) in [7, 11) is 1.61. The maximum atomic E-state index is 12.1. The molecule has 7 nitrogen and oxygen atoms in total. The normalized spacial score (nSPS) is 11.2. The number of carbonyl (C=O) groups excluding carboxylic acids is 1. The van der Waals surface area contributed by atoms with E-state index in [1.165, 1.54) is 11.6 Å². The van der Waals surface area contributed by atoms with E-state index in [4.69, 9.17) is 4.74 Å². The van der Waals surface area contributed by atoms with Crippen LogP contribution in [0.1, 0.15) is 12.7 Å². The highest BCUT2D eigenvalue weighted by Gasteiger charge is 2.17. The van der Waals surface area contributed by atoms with E-state index in [0.717, 1.165) is 17.1 Å². The number of nitrogens with zero attached hydrogens (tertiary/aromatic N) is 4. The molecule has 0 bridgehead atoms. The van der Waals surface area contributed by atoms with Gasteiger partial charge in [0.1, 0.15) is 5.75 Å². The highest BCUT2D eigenvalue weighted by molar-refractivity contribution is 6.18. The third kappa shape index (κ3) is 3.72. The average Bonchev–Trinajstić information content (AvgIpc) is 3.12. The maximum absolute atomic E-state index is 12.1. The molecule has 0 atom stereocenters. The first-order valence-electron chi connectivity index (χ1n) is 7.65.